The molecule has 0 saturated carbocycles. The summed E-state index contributed by atoms with van der Waals surface area (Å²) in [5.41, 5.74) is 2.81. The number of H-pyrrole nitrogens is 1. The van der Waals surface area contributed by atoms with E-state index in [1.807, 2.05) is 30.3 Å². The van der Waals surface area contributed by atoms with Gasteiger partial charge in [-0.25, -0.2) is 4.79 Å². The molecule has 1 unspecified atom stereocenters. The Balaban J connectivity index is 0.00000228. The molecule has 6 rings (SSSR count). The molecule has 6 nitrogen and oxygen atoms in total. The highest BCUT2D eigenvalue weighted by Crippen LogP contribution is 2.45. The normalized spacial score (nSPS) is 21.5. The van der Waals surface area contributed by atoms with Gasteiger partial charge in [-0.1, -0.05) is 30.3 Å². The van der Waals surface area contributed by atoms with Gasteiger partial charge in [0, 0.05) is 28.6 Å². The van der Waals surface area contributed by atoms with Crippen molar-refractivity contribution in [3.05, 3.63) is 74.4 Å². The van der Waals surface area contributed by atoms with E-state index in [0.29, 0.717) is 28.6 Å². The number of aromatic amines is 1. The fraction of sp³-hybridized carbons (Fsp3) is 0.360. The Labute approximate surface area is 201 Å². The third-order valence-electron chi connectivity index (χ3n) is 7.27. The van der Waals surface area contributed by atoms with Crippen LogP contribution in [0, 0.1) is 5.92 Å². The number of ether oxygens (including phenoxy) is 1. The highest BCUT2D eigenvalue weighted by Gasteiger charge is 2.40. The molecule has 1 aliphatic heterocycles. The summed E-state index contributed by atoms with van der Waals surface area (Å²) in [6, 6.07) is 14.4. The maximum absolute atomic E-state index is 13.2. The number of halogens is 1. The molecular weight excluding hydrogens is 458 g/mol. The Morgan fingerprint density at radius 1 is 1.15 bits per heavy atom. The Morgan fingerprint density at radius 2 is 2.00 bits per heavy atom. The van der Waals surface area contributed by atoms with Crippen LogP contribution in [0.4, 0.5) is 0 Å². The Bertz CT molecular complexity index is 1460. The molecular formula is C25H26ClN3O3S. The number of fused-ring (bicyclic) bond motifs is 6. The molecule has 33 heavy (non-hydrogen) atoms. The summed E-state index contributed by atoms with van der Waals surface area (Å²) in [7, 11) is 1.73. The van der Waals surface area contributed by atoms with E-state index in [2.05, 4.69) is 22.4 Å². The minimum absolute atomic E-state index is 0. The van der Waals surface area contributed by atoms with E-state index < -0.39 is 0 Å². The molecule has 0 spiro atoms. The zero-order chi connectivity index (χ0) is 21.8. The van der Waals surface area contributed by atoms with Crippen LogP contribution < -0.4 is 21.3 Å². The van der Waals surface area contributed by atoms with Crippen molar-refractivity contribution in [1.29, 1.82) is 0 Å². The third kappa shape index (κ3) is 3.50. The van der Waals surface area contributed by atoms with Crippen LogP contribution in [-0.4, -0.2) is 29.2 Å². The molecule has 0 bridgehead atoms. The molecule has 3 heterocycles. The Hall–Kier alpha value is -2.61. The van der Waals surface area contributed by atoms with E-state index in [-0.39, 0.29) is 29.7 Å². The molecule has 0 amide bonds. The van der Waals surface area contributed by atoms with Crippen LogP contribution >= 0.6 is 23.7 Å². The first kappa shape index (κ1) is 22.2. The van der Waals surface area contributed by atoms with Crippen LogP contribution in [0.5, 0.6) is 5.75 Å². The number of thiophene rings is 1. The van der Waals surface area contributed by atoms with Crippen molar-refractivity contribution in [2.24, 2.45) is 5.92 Å². The molecule has 0 radical (unpaired) electrons. The van der Waals surface area contributed by atoms with E-state index >= 15 is 0 Å². The van der Waals surface area contributed by atoms with Gasteiger partial charge in [0.15, 0.2) is 0 Å². The second kappa shape index (κ2) is 8.63. The number of methoxy groups -OCH3 is 1. The van der Waals surface area contributed by atoms with Gasteiger partial charge >= 0.3 is 5.69 Å². The van der Waals surface area contributed by atoms with Gasteiger partial charge in [0.1, 0.15) is 10.4 Å². The lowest BCUT2D eigenvalue weighted by atomic mass is 9.73. The van der Waals surface area contributed by atoms with Crippen molar-refractivity contribution in [1.82, 2.24) is 14.9 Å². The van der Waals surface area contributed by atoms with Crippen molar-refractivity contribution in [3.63, 3.8) is 0 Å². The zero-order valence-electron chi connectivity index (χ0n) is 18.3. The first-order chi connectivity index (χ1) is 15.7. The number of hydrogen-bond donors (Lipinski definition) is 2. The average molecular weight is 484 g/mol. The first-order valence-electron chi connectivity index (χ1n) is 11.2. The van der Waals surface area contributed by atoms with Crippen molar-refractivity contribution in [2.75, 3.05) is 13.7 Å². The summed E-state index contributed by atoms with van der Waals surface area (Å²) in [6.07, 6.45) is 2.91. The molecule has 172 valence electrons. The van der Waals surface area contributed by atoms with E-state index in [0.717, 1.165) is 41.6 Å². The summed E-state index contributed by atoms with van der Waals surface area (Å²) < 4.78 is 8.63. The topological polar surface area (TPSA) is 76.1 Å². The van der Waals surface area contributed by atoms with Crippen LogP contribution in [0.3, 0.4) is 0 Å². The summed E-state index contributed by atoms with van der Waals surface area (Å²) in [5, 5.41) is 4.61. The molecule has 2 N–H and O–H groups in total. The molecule has 1 saturated heterocycles. The van der Waals surface area contributed by atoms with Gasteiger partial charge < -0.3 is 15.0 Å². The van der Waals surface area contributed by atoms with Crippen LogP contribution in [0.2, 0.25) is 0 Å². The lowest BCUT2D eigenvalue weighted by Crippen LogP contribution is -2.37. The second-order valence-corrected chi connectivity index (χ2v) is 9.90. The minimum Gasteiger partial charge on any atom is -0.496 e. The molecule has 2 aliphatic rings. The highest BCUT2D eigenvalue weighted by atomic mass is 35.5. The molecule has 4 aromatic rings. The van der Waals surface area contributed by atoms with Gasteiger partial charge in [0.2, 0.25) is 0 Å². The van der Waals surface area contributed by atoms with E-state index in [1.54, 1.807) is 7.11 Å². The smallest absolute Gasteiger partial charge is 0.328 e. The van der Waals surface area contributed by atoms with Crippen molar-refractivity contribution in [3.8, 4) is 5.75 Å². The number of nitrogens with one attached hydrogen (secondary N) is 2. The van der Waals surface area contributed by atoms with E-state index in [1.165, 1.54) is 27.0 Å². The summed E-state index contributed by atoms with van der Waals surface area (Å²) in [6.45, 7) is 1.38. The van der Waals surface area contributed by atoms with Crippen LogP contribution in [0.15, 0.2) is 52.1 Å². The number of aromatic nitrogens is 2. The SMILES string of the molecule is COc1cccc2c1CC[C@H]1CNC(CCn3c(=O)[nH]c4c(sc5ccccc54)c3=O)[C@@H]21.Cl. The fourth-order valence-electron chi connectivity index (χ4n) is 5.78. The molecule has 3 atom stereocenters. The van der Waals surface area contributed by atoms with Crippen molar-refractivity contribution >= 4 is 44.0 Å². The highest BCUT2D eigenvalue weighted by molar-refractivity contribution is 7.25. The van der Waals surface area contributed by atoms with Gasteiger partial charge in [-0.2, -0.15) is 0 Å². The molecule has 1 aliphatic carbocycles. The van der Waals surface area contributed by atoms with Gasteiger partial charge in [-0.3, -0.25) is 9.36 Å². The second-order valence-electron chi connectivity index (χ2n) is 8.85. The van der Waals surface area contributed by atoms with Crippen LogP contribution in [0.25, 0.3) is 20.3 Å². The van der Waals surface area contributed by atoms with Gasteiger partial charge in [-0.05, 0) is 55.0 Å². The average Bonchev–Trinajstić information content (AvgIpc) is 3.40. The van der Waals surface area contributed by atoms with Gasteiger partial charge in [0.25, 0.3) is 5.56 Å². The molecule has 8 heteroatoms. The summed E-state index contributed by atoms with van der Waals surface area (Å²) >= 11 is 1.45. The standard InChI is InChI=1S/C25H25N3O3S.ClH/c1-31-19-7-4-6-16-15(19)10-9-14-13-26-18(21(14)16)11-12-28-24(29)23-22(27-25(28)30)17-5-2-3-8-20(17)32-23;/h2-8,14,18,21,26H,9-13H2,1H3,(H,27,30);1H/t14-,18?,21+;/m0./s1. The molecule has 2 aromatic carbocycles. The minimum atomic E-state index is -0.327. The van der Waals surface area contributed by atoms with Gasteiger partial charge in [-0.15, -0.1) is 23.7 Å². The number of nitrogens with zero attached hydrogens (tertiary/aromatic N) is 1. The predicted octanol–water partition coefficient (Wildman–Crippen LogP) is 4.04. The third-order valence-corrected chi connectivity index (χ3v) is 8.43. The quantitative estimate of drug-likeness (QED) is 0.459. The number of hydrogen-bond acceptors (Lipinski definition) is 5. The van der Waals surface area contributed by atoms with Crippen LogP contribution in [0.1, 0.15) is 29.9 Å². The lowest BCUT2D eigenvalue weighted by molar-refractivity contribution is 0.371. The Kier molecular flexibility index (Phi) is 5.80. The lowest BCUT2D eigenvalue weighted by Gasteiger charge is -2.32. The monoisotopic (exact) mass is 483 g/mol. The Morgan fingerprint density at radius 3 is 2.85 bits per heavy atom. The molecule has 2 aromatic heterocycles. The van der Waals surface area contributed by atoms with Crippen molar-refractivity contribution in [2.45, 2.75) is 37.8 Å². The largest absolute Gasteiger partial charge is 0.496 e. The predicted molar refractivity (Wildman–Crippen MR) is 135 cm³/mol. The number of rotatable bonds is 4. The van der Waals surface area contributed by atoms with E-state index in [4.69, 9.17) is 4.74 Å². The summed E-state index contributed by atoms with van der Waals surface area (Å²) in [4.78, 5) is 29.0. The number of benzene rings is 2. The van der Waals surface area contributed by atoms with Crippen LogP contribution in [-0.2, 0) is 13.0 Å². The maximum atomic E-state index is 13.2. The maximum Gasteiger partial charge on any atom is 0.328 e. The summed E-state index contributed by atoms with van der Waals surface area (Å²) in [5.74, 6) is 1.94. The first-order valence-corrected chi connectivity index (χ1v) is 12.0. The fourth-order valence-corrected chi connectivity index (χ4v) is 6.89. The molecule has 1 fully saturated rings. The van der Waals surface area contributed by atoms with Gasteiger partial charge in [0.05, 0.1) is 12.6 Å². The van der Waals surface area contributed by atoms with E-state index in [9.17, 15) is 9.59 Å². The van der Waals surface area contributed by atoms with Crippen molar-refractivity contribution < 1.29 is 4.74 Å². The zero-order valence-corrected chi connectivity index (χ0v) is 19.9.